The number of rotatable bonds is 6. The molecule has 2 heterocycles. The van der Waals surface area contributed by atoms with Gasteiger partial charge in [0.25, 0.3) is 5.91 Å². The van der Waals surface area contributed by atoms with E-state index in [-0.39, 0.29) is 12.5 Å². The normalized spacial score (nSPS) is 11.9. The number of thiophene rings is 1. The summed E-state index contributed by atoms with van der Waals surface area (Å²) in [6.07, 6.45) is -0.620. The van der Waals surface area contributed by atoms with Gasteiger partial charge < -0.3 is 14.6 Å². The fourth-order valence-corrected chi connectivity index (χ4v) is 2.72. The van der Waals surface area contributed by atoms with Crippen molar-refractivity contribution in [2.45, 2.75) is 26.5 Å². The zero-order chi connectivity index (χ0) is 16.9. The molecular weight excluding hydrogens is 326 g/mol. The van der Waals surface area contributed by atoms with Gasteiger partial charge in [-0.05, 0) is 36.9 Å². The van der Waals surface area contributed by atoms with Crippen LogP contribution in [0.25, 0.3) is 10.7 Å². The van der Waals surface area contributed by atoms with Gasteiger partial charge in [0.15, 0.2) is 6.10 Å². The third-order valence-electron chi connectivity index (χ3n) is 3.39. The molecule has 2 aromatic heterocycles. The second kappa shape index (κ2) is 7.27. The minimum Gasteiger partial charge on any atom is -0.481 e. The van der Waals surface area contributed by atoms with Crippen LogP contribution in [-0.2, 0) is 11.3 Å². The van der Waals surface area contributed by atoms with Crippen molar-refractivity contribution in [2.24, 2.45) is 0 Å². The minimum atomic E-state index is -0.620. The molecule has 0 saturated carbocycles. The van der Waals surface area contributed by atoms with E-state index in [0.29, 0.717) is 17.5 Å². The summed E-state index contributed by atoms with van der Waals surface area (Å²) in [4.78, 5) is 17.3. The van der Waals surface area contributed by atoms with Gasteiger partial charge in [0.2, 0.25) is 11.7 Å². The first-order chi connectivity index (χ1) is 11.6. The molecule has 1 aromatic carbocycles. The number of aryl methyl sites for hydroxylation is 1. The van der Waals surface area contributed by atoms with E-state index in [0.717, 1.165) is 10.4 Å². The van der Waals surface area contributed by atoms with Crippen LogP contribution in [-0.4, -0.2) is 22.2 Å². The van der Waals surface area contributed by atoms with Crippen molar-refractivity contribution in [3.63, 3.8) is 0 Å². The molecule has 0 radical (unpaired) electrons. The highest BCUT2D eigenvalue weighted by atomic mass is 32.1. The predicted molar refractivity (Wildman–Crippen MR) is 90.7 cm³/mol. The van der Waals surface area contributed by atoms with Crippen molar-refractivity contribution in [3.05, 3.63) is 53.2 Å². The molecule has 0 aliphatic heterocycles. The highest BCUT2D eigenvalue weighted by Gasteiger charge is 2.17. The molecule has 0 aliphatic rings. The smallest absolute Gasteiger partial charge is 0.261 e. The van der Waals surface area contributed by atoms with E-state index in [4.69, 9.17) is 9.26 Å². The van der Waals surface area contributed by atoms with E-state index in [2.05, 4.69) is 15.5 Å². The maximum Gasteiger partial charge on any atom is 0.261 e. The molecule has 0 bridgehead atoms. The largest absolute Gasteiger partial charge is 0.481 e. The topological polar surface area (TPSA) is 77.2 Å². The minimum absolute atomic E-state index is 0.165. The van der Waals surface area contributed by atoms with Crippen molar-refractivity contribution < 1.29 is 14.1 Å². The Bertz CT molecular complexity index is 814. The fraction of sp³-hybridized carbons (Fsp3) is 0.235. The lowest BCUT2D eigenvalue weighted by atomic mass is 10.2. The van der Waals surface area contributed by atoms with Crippen LogP contribution < -0.4 is 10.1 Å². The summed E-state index contributed by atoms with van der Waals surface area (Å²) in [5.41, 5.74) is 0.981. The predicted octanol–water partition coefficient (Wildman–Crippen LogP) is 3.19. The van der Waals surface area contributed by atoms with Crippen LogP contribution in [0, 0.1) is 6.92 Å². The molecule has 1 unspecified atom stereocenters. The Morgan fingerprint density at radius 2 is 2.17 bits per heavy atom. The van der Waals surface area contributed by atoms with Gasteiger partial charge in [0, 0.05) is 0 Å². The number of ether oxygens (including phenoxy) is 1. The number of carbonyl (C=O) groups is 1. The zero-order valence-corrected chi connectivity index (χ0v) is 14.2. The molecule has 3 rings (SSSR count). The first-order valence-electron chi connectivity index (χ1n) is 7.50. The number of carbonyl (C=O) groups excluding carboxylic acids is 1. The number of amides is 1. The molecule has 0 saturated heterocycles. The standard InChI is InChI=1S/C17H17N3O3S/c1-11-6-3-4-7-13(11)22-12(2)17(21)18-10-15-19-16(20-23-15)14-8-5-9-24-14/h3-9,12H,10H2,1-2H3,(H,18,21). The molecule has 6 nitrogen and oxygen atoms in total. The summed E-state index contributed by atoms with van der Waals surface area (Å²) < 4.78 is 10.8. The van der Waals surface area contributed by atoms with Crippen LogP contribution in [0.2, 0.25) is 0 Å². The number of para-hydroxylation sites is 1. The van der Waals surface area contributed by atoms with Crippen LogP contribution in [0.5, 0.6) is 5.75 Å². The summed E-state index contributed by atoms with van der Waals surface area (Å²) in [7, 11) is 0. The van der Waals surface area contributed by atoms with Crippen molar-refractivity contribution in [2.75, 3.05) is 0 Å². The highest BCUT2D eigenvalue weighted by Crippen LogP contribution is 2.21. The summed E-state index contributed by atoms with van der Waals surface area (Å²) in [5.74, 6) is 1.33. The van der Waals surface area contributed by atoms with Gasteiger partial charge in [-0.25, -0.2) is 0 Å². The van der Waals surface area contributed by atoms with Gasteiger partial charge in [0.1, 0.15) is 5.75 Å². The molecule has 1 N–H and O–H groups in total. The molecule has 24 heavy (non-hydrogen) atoms. The van der Waals surface area contributed by atoms with E-state index in [9.17, 15) is 4.79 Å². The van der Waals surface area contributed by atoms with Crippen LogP contribution in [0.15, 0.2) is 46.3 Å². The van der Waals surface area contributed by atoms with Gasteiger partial charge >= 0.3 is 0 Å². The molecule has 0 spiro atoms. The third-order valence-corrected chi connectivity index (χ3v) is 4.26. The quantitative estimate of drug-likeness (QED) is 0.744. The molecule has 3 aromatic rings. The molecule has 1 amide bonds. The van der Waals surface area contributed by atoms with E-state index in [1.54, 1.807) is 6.92 Å². The Balaban J connectivity index is 1.54. The first kappa shape index (κ1) is 16.2. The molecule has 7 heteroatoms. The average Bonchev–Trinajstić information content (AvgIpc) is 3.25. The van der Waals surface area contributed by atoms with Crippen LogP contribution in [0.1, 0.15) is 18.4 Å². The Morgan fingerprint density at radius 1 is 1.33 bits per heavy atom. The van der Waals surface area contributed by atoms with Gasteiger partial charge in [-0.15, -0.1) is 11.3 Å². The molecule has 124 valence electrons. The highest BCUT2D eigenvalue weighted by molar-refractivity contribution is 7.13. The Labute approximate surface area is 143 Å². The number of aromatic nitrogens is 2. The number of nitrogens with zero attached hydrogens (tertiary/aromatic N) is 2. The van der Waals surface area contributed by atoms with Gasteiger partial charge in [-0.3, -0.25) is 4.79 Å². The van der Waals surface area contributed by atoms with Crippen LogP contribution in [0.4, 0.5) is 0 Å². The lowest BCUT2D eigenvalue weighted by Crippen LogP contribution is -2.36. The van der Waals surface area contributed by atoms with Crippen molar-refractivity contribution in [1.29, 1.82) is 0 Å². The lowest BCUT2D eigenvalue weighted by Gasteiger charge is -2.15. The van der Waals surface area contributed by atoms with Gasteiger partial charge in [-0.2, -0.15) is 4.98 Å². The van der Waals surface area contributed by atoms with Crippen molar-refractivity contribution in [1.82, 2.24) is 15.5 Å². The number of benzene rings is 1. The van der Waals surface area contributed by atoms with Gasteiger partial charge in [-0.1, -0.05) is 29.4 Å². The molecule has 1 atom stereocenters. The van der Waals surface area contributed by atoms with Crippen molar-refractivity contribution in [3.8, 4) is 16.5 Å². The molecular formula is C17H17N3O3S. The lowest BCUT2D eigenvalue weighted by molar-refractivity contribution is -0.127. The number of nitrogens with one attached hydrogen (secondary N) is 1. The molecule has 0 fully saturated rings. The zero-order valence-electron chi connectivity index (χ0n) is 13.4. The number of hydrogen-bond donors (Lipinski definition) is 1. The van der Waals surface area contributed by atoms with Crippen LogP contribution >= 0.6 is 11.3 Å². The Kier molecular flexibility index (Phi) is 4.90. The van der Waals surface area contributed by atoms with E-state index < -0.39 is 6.10 Å². The fourth-order valence-electron chi connectivity index (χ4n) is 2.07. The summed E-state index contributed by atoms with van der Waals surface area (Å²) in [6.45, 7) is 3.80. The van der Waals surface area contributed by atoms with Crippen molar-refractivity contribution >= 4 is 17.2 Å². The SMILES string of the molecule is Cc1ccccc1OC(C)C(=O)NCc1nc(-c2cccs2)no1. The second-order valence-corrected chi connectivity index (χ2v) is 6.18. The first-order valence-corrected chi connectivity index (χ1v) is 8.38. The maximum absolute atomic E-state index is 12.1. The Hall–Kier alpha value is -2.67. The maximum atomic E-state index is 12.1. The third kappa shape index (κ3) is 3.80. The van der Waals surface area contributed by atoms with E-state index in [1.807, 2.05) is 48.7 Å². The second-order valence-electron chi connectivity index (χ2n) is 5.23. The summed E-state index contributed by atoms with van der Waals surface area (Å²) in [6, 6.07) is 11.4. The van der Waals surface area contributed by atoms with E-state index >= 15 is 0 Å². The molecule has 0 aliphatic carbocycles. The monoisotopic (exact) mass is 343 g/mol. The summed E-state index contributed by atoms with van der Waals surface area (Å²) >= 11 is 1.53. The number of hydrogen-bond acceptors (Lipinski definition) is 6. The average molecular weight is 343 g/mol. The van der Waals surface area contributed by atoms with Gasteiger partial charge in [0.05, 0.1) is 11.4 Å². The van der Waals surface area contributed by atoms with E-state index in [1.165, 1.54) is 11.3 Å². The Morgan fingerprint density at radius 3 is 2.92 bits per heavy atom. The summed E-state index contributed by atoms with van der Waals surface area (Å²) in [5, 5.41) is 8.59. The van der Waals surface area contributed by atoms with Crippen LogP contribution in [0.3, 0.4) is 0 Å².